The number of hydrogen-bond donors (Lipinski definition) is 2. The van der Waals surface area contributed by atoms with E-state index in [-0.39, 0.29) is 6.61 Å². The summed E-state index contributed by atoms with van der Waals surface area (Å²) in [6.07, 6.45) is 0. The Morgan fingerprint density at radius 1 is 1.78 bits per heavy atom. The van der Waals surface area contributed by atoms with Crippen LogP contribution in [0, 0.1) is 6.92 Å². The fraction of sp³-hybridized carbons (Fsp3) is 0.333. The molecule has 0 amide bonds. The molecule has 3 N–H and O–H groups in total. The second-order valence-electron chi connectivity index (χ2n) is 1.89. The van der Waals surface area contributed by atoms with E-state index in [1.165, 1.54) is 0 Å². The van der Waals surface area contributed by atoms with Crippen LogP contribution < -0.4 is 5.73 Å². The maximum Gasteiger partial charge on any atom is 0.0710 e. The van der Waals surface area contributed by atoms with E-state index in [2.05, 4.69) is 0 Å². The summed E-state index contributed by atoms with van der Waals surface area (Å²) in [6, 6.07) is 0. The lowest BCUT2D eigenvalue weighted by Gasteiger charge is -1.91. The van der Waals surface area contributed by atoms with E-state index in [1.54, 1.807) is 11.3 Å². The van der Waals surface area contributed by atoms with Crippen molar-refractivity contribution in [2.45, 2.75) is 13.5 Å². The van der Waals surface area contributed by atoms with Crippen LogP contribution in [0.15, 0.2) is 5.38 Å². The van der Waals surface area contributed by atoms with Crippen molar-refractivity contribution in [1.82, 2.24) is 0 Å². The molecule has 0 fully saturated rings. The van der Waals surface area contributed by atoms with E-state index < -0.39 is 0 Å². The Morgan fingerprint density at radius 2 is 2.44 bits per heavy atom. The van der Waals surface area contributed by atoms with Crippen LogP contribution in [0.5, 0.6) is 0 Å². The average Bonchev–Trinajstić information content (AvgIpc) is 2.15. The van der Waals surface area contributed by atoms with Crippen LogP contribution in [0.1, 0.15) is 10.4 Å². The van der Waals surface area contributed by atoms with Crippen LogP contribution in [-0.4, -0.2) is 5.11 Å². The van der Waals surface area contributed by atoms with Gasteiger partial charge in [0.05, 0.1) is 12.3 Å². The first-order valence-corrected chi connectivity index (χ1v) is 3.57. The van der Waals surface area contributed by atoms with Crippen molar-refractivity contribution < 1.29 is 5.11 Å². The number of aliphatic hydroxyl groups is 1. The van der Waals surface area contributed by atoms with Gasteiger partial charge in [0.15, 0.2) is 0 Å². The number of aliphatic hydroxyl groups excluding tert-OH is 1. The van der Waals surface area contributed by atoms with Gasteiger partial charge in [0.25, 0.3) is 0 Å². The minimum atomic E-state index is 0.0518. The van der Waals surface area contributed by atoms with Crippen molar-refractivity contribution in [3.05, 3.63) is 15.8 Å². The van der Waals surface area contributed by atoms with Crippen LogP contribution >= 0.6 is 11.3 Å². The van der Waals surface area contributed by atoms with Crippen molar-refractivity contribution in [3.63, 3.8) is 0 Å². The van der Waals surface area contributed by atoms with E-state index >= 15 is 0 Å². The second kappa shape index (κ2) is 2.37. The second-order valence-corrected chi connectivity index (χ2v) is 2.97. The molecule has 1 aromatic heterocycles. The van der Waals surface area contributed by atoms with Crippen LogP contribution in [0.4, 0.5) is 5.69 Å². The van der Waals surface area contributed by atoms with Crippen LogP contribution in [0.25, 0.3) is 0 Å². The van der Waals surface area contributed by atoms with Gasteiger partial charge in [-0.15, -0.1) is 11.3 Å². The van der Waals surface area contributed by atoms with Crippen molar-refractivity contribution in [2.75, 3.05) is 5.73 Å². The molecule has 0 aromatic carbocycles. The predicted octanol–water partition coefficient (Wildman–Crippen LogP) is 1.13. The Bertz CT molecular complexity index is 207. The van der Waals surface area contributed by atoms with Gasteiger partial charge in [0, 0.05) is 10.4 Å². The summed E-state index contributed by atoms with van der Waals surface area (Å²) in [4.78, 5) is 1.08. The lowest BCUT2D eigenvalue weighted by Crippen LogP contribution is -1.89. The molecule has 1 aromatic rings. The van der Waals surface area contributed by atoms with Crippen molar-refractivity contribution in [3.8, 4) is 0 Å². The maximum atomic E-state index is 8.66. The predicted molar refractivity (Wildman–Crippen MR) is 39.4 cm³/mol. The first-order valence-electron chi connectivity index (χ1n) is 2.69. The molecule has 2 nitrogen and oxygen atoms in total. The Balaban J connectivity index is 3.04. The minimum absolute atomic E-state index is 0.0518. The van der Waals surface area contributed by atoms with Gasteiger partial charge in [-0.3, -0.25) is 0 Å². The molecule has 0 saturated carbocycles. The molecule has 0 bridgehead atoms. The Labute approximate surface area is 57.9 Å². The Kier molecular flexibility index (Phi) is 1.73. The van der Waals surface area contributed by atoms with Gasteiger partial charge < -0.3 is 10.8 Å². The third-order valence-corrected chi connectivity index (χ3v) is 2.25. The van der Waals surface area contributed by atoms with Gasteiger partial charge in [0.2, 0.25) is 0 Å². The number of nitrogens with two attached hydrogens (primary N) is 1. The largest absolute Gasteiger partial charge is 0.398 e. The molecule has 0 aliphatic rings. The van der Waals surface area contributed by atoms with E-state index in [1.807, 2.05) is 12.3 Å². The van der Waals surface area contributed by atoms with Crippen molar-refractivity contribution in [2.24, 2.45) is 0 Å². The van der Waals surface area contributed by atoms with Crippen LogP contribution in [-0.2, 0) is 6.61 Å². The quantitative estimate of drug-likeness (QED) is 0.619. The summed E-state index contributed by atoms with van der Waals surface area (Å²) >= 11 is 1.57. The molecule has 0 atom stereocenters. The minimum Gasteiger partial charge on any atom is -0.398 e. The van der Waals surface area contributed by atoms with E-state index in [4.69, 9.17) is 10.8 Å². The van der Waals surface area contributed by atoms with Crippen molar-refractivity contribution >= 4 is 17.0 Å². The van der Waals surface area contributed by atoms with Crippen molar-refractivity contribution in [1.29, 1.82) is 0 Å². The van der Waals surface area contributed by atoms with Gasteiger partial charge in [-0.2, -0.15) is 0 Å². The van der Waals surface area contributed by atoms with Gasteiger partial charge in [0.1, 0.15) is 0 Å². The fourth-order valence-corrected chi connectivity index (χ4v) is 1.41. The average molecular weight is 143 g/mol. The number of hydrogen-bond acceptors (Lipinski definition) is 3. The maximum absolute atomic E-state index is 8.66. The monoisotopic (exact) mass is 143 g/mol. The zero-order chi connectivity index (χ0) is 6.85. The molecular formula is C6H9NOS. The van der Waals surface area contributed by atoms with Gasteiger partial charge in [-0.25, -0.2) is 0 Å². The molecule has 0 spiro atoms. The van der Waals surface area contributed by atoms with Gasteiger partial charge >= 0.3 is 0 Å². The highest BCUT2D eigenvalue weighted by Gasteiger charge is 2.01. The highest BCUT2D eigenvalue weighted by atomic mass is 32.1. The molecule has 3 heteroatoms. The normalized spacial score (nSPS) is 10.0. The fourth-order valence-electron chi connectivity index (χ4n) is 0.635. The number of thiophene rings is 1. The molecule has 50 valence electrons. The lowest BCUT2D eigenvalue weighted by molar-refractivity contribution is 0.283. The molecule has 0 radical (unpaired) electrons. The number of nitrogen functional groups attached to an aromatic ring is 1. The summed E-state index contributed by atoms with van der Waals surface area (Å²) < 4.78 is 0. The number of rotatable bonds is 1. The van der Waals surface area contributed by atoms with E-state index in [0.717, 1.165) is 16.1 Å². The Morgan fingerprint density at radius 3 is 2.67 bits per heavy atom. The summed E-state index contributed by atoms with van der Waals surface area (Å²) in [5, 5.41) is 10.5. The standard InChI is InChI=1S/C6H9NOS/c1-4-6(7)5(2-8)3-9-4/h3,8H,2,7H2,1H3. The Hall–Kier alpha value is -0.540. The molecule has 9 heavy (non-hydrogen) atoms. The molecule has 0 unspecified atom stereocenters. The highest BCUT2D eigenvalue weighted by Crippen LogP contribution is 2.23. The van der Waals surface area contributed by atoms with Gasteiger partial charge in [-0.05, 0) is 12.3 Å². The van der Waals surface area contributed by atoms with E-state index in [9.17, 15) is 0 Å². The summed E-state index contributed by atoms with van der Waals surface area (Å²) in [7, 11) is 0. The molecule has 1 rings (SSSR count). The smallest absolute Gasteiger partial charge is 0.0710 e. The summed E-state index contributed by atoms with van der Waals surface area (Å²) in [5.41, 5.74) is 7.15. The molecule has 0 aliphatic heterocycles. The summed E-state index contributed by atoms with van der Waals surface area (Å²) in [5.74, 6) is 0. The summed E-state index contributed by atoms with van der Waals surface area (Å²) in [6.45, 7) is 2.00. The molecular weight excluding hydrogens is 134 g/mol. The third kappa shape index (κ3) is 1.06. The first-order chi connectivity index (χ1) is 4.25. The molecule has 1 heterocycles. The lowest BCUT2D eigenvalue weighted by atomic mass is 10.3. The number of aryl methyl sites for hydroxylation is 1. The zero-order valence-corrected chi connectivity index (χ0v) is 6.03. The SMILES string of the molecule is Cc1scc(CO)c1N. The van der Waals surface area contributed by atoms with E-state index in [0.29, 0.717) is 0 Å². The first kappa shape index (κ1) is 6.58. The highest BCUT2D eigenvalue weighted by molar-refractivity contribution is 7.10. The zero-order valence-electron chi connectivity index (χ0n) is 5.22. The topological polar surface area (TPSA) is 46.2 Å². The van der Waals surface area contributed by atoms with Crippen LogP contribution in [0.3, 0.4) is 0 Å². The van der Waals surface area contributed by atoms with Gasteiger partial charge in [-0.1, -0.05) is 0 Å². The number of anilines is 1. The third-order valence-electron chi connectivity index (χ3n) is 1.27. The van der Waals surface area contributed by atoms with Crippen LogP contribution in [0.2, 0.25) is 0 Å². The molecule has 0 saturated heterocycles. The molecule has 0 aliphatic carbocycles.